The van der Waals surface area contributed by atoms with E-state index in [2.05, 4.69) is 41.5 Å². The van der Waals surface area contributed by atoms with Crippen molar-refractivity contribution in [1.29, 1.82) is 0 Å². The molecule has 0 saturated heterocycles. The Morgan fingerprint density at radius 1 is 0.276 bits per heavy atom. The average molecular weight is 1440 g/mol. The van der Waals surface area contributed by atoms with Gasteiger partial charge < -0.3 is 33.8 Å². The standard InChI is InChI=1S/C79H154O17P2/c1-7-9-11-13-15-17-19-20-21-22-23-27-30-34-37-43-49-55-61-76(81)89-67-74(95-79(84)64-58-52-45-39-35-31-28-25-24-26-29-33-36-41-47-53-59-71(3)4)69-93-97(85,86)91-65-73(80)66-92-98(87,88)94-70-75(68-90-77(82)62-56-50-46-40-42-48-54-60-72(5)6)96-78(83)63-57-51-44-38-32-18-16-14-12-10-8-2/h71-75,80H,7-70H2,1-6H3,(H,85,86)(H,87,88)/t73-,74-,75-/m1/s1. The van der Waals surface area contributed by atoms with Gasteiger partial charge in [0.05, 0.1) is 26.4 Å². The van der Waals surface area contributed by atoms with E-state index in [1.54, 1.807) is 0 Å². The number of hydrogen-bond acceptors (Lipinski definition) is 15. The van der Waals surface area contributed by atoms with Crippen molar-refractivity contribution in [3.8, 4) is 0 Å². The van der Waals surface area contributed by atoms with Crippen LogP contribution in [0.1, 0.15) is 414 Å². The molecule has 19 heteroatoms. The van der Waals surface area contributed by atoms with Gasteiger partial charge in [-0.05, 0) is 37.5 Å². The summed E-state index contributed by atoms with van der Waals surface area (Å²) >= 11 is 0. The highest BCUT2D eigenvalue weighted by atomic mass is 31.2. The summed E-state index contributed by atoms with van der Waals surface area (Å²) < 4.78 is 68.6. The third-order valence-corrected chi connectivity index (χ3v) is 20.4. The minimum Gasteiger partial charge on any atom is -0.462 e. The monoisotopic (exact) mass is 1440 g/mol. The van der Waals surface area contributed by atoms with Crippen LogP contribution in [0.4, 0.5) is 0 Å². The minimum atomic E-state index is -4.96. The highest BCUT2D eigenvalue weighted by Gasteiger charge is 2.30. The Labute approximate surface area is 600 Å². The van der Waals surface area contributed by atoms with E-state index in [1.165, 1.54) is 225 Å². The molecule has 3 N–H and O–H groups in total. The molecule has 98 heavy (non-hydrogen) atoms. The normalized spacial score (nSPS) is 13.9. The quantitative estimate of drug-likeness (QED) is 0.0222. The van der Waals surface area contributed by atoms with Crippen LogP contribution in [0.2, 0.25) is 0 Å². The summed E-state index contributed by atoms with van der Waals surface area (Å²) in [5.74, 6) is -0.597. The number of aliphatic hydroxyl groups is 1. The Bertz CT molecular complexity index is 1890. The molecule has 0 aliphatic rings. The maximum atomic E-state index is 13.1. The van der Waals surface area contributed by atoms with Crippen LogP contribution in [0.25, 0.3) is 0 Å². The number of unbranched alkanes of at least 4 members (excludes halogenated alkanes) is 48. The van der Waals surface area contributed by atoms with E-state index < -0.39 is 97.5 Å². The van der Waals surface area contributed by atoms with Crippen LogP contribution >= 0.6 is 15.6 Å². The van der Waals surface area contributed by atoms with E-state index in [1.807, 2.05) is 0 Å². The number of hydrogen-bond donors (Lipinski definition) is 3. The fourth-order valence-electron chi connectivity index (χ4n) is 12.2. The Kier molecular flexibility index (Phi) is 69.3. The molecular formula is C79H154O17P2. The van der Waals surface area contributed by atoms with Crippen molar-refractivity contribution < 1.29 is 80.2 Å². The Hall–Kier alpha value is -1.94. The van der Waals surface area contributed by atoms with Crippen molar-refractivity contribution in [2.75, 3.05) is 39.6 Å². The van der Waals surface area contributed by atoms with Crippen LogP contribution in [-0.2, 0) is 65.4 Å². The molecule has 0 heterocycles. The first kappa shape index (κ1) is 96.1. The van der Waals surface area contributed by atoms with E-state index in [-0.39, 0.29) is 25.7 Å². The largest absolute Gasteiger partial charge is 0.472 e. The summed E-state index contributed by atoms with van der Waals surface area (Å²) in [6, 6.07) is 0. The Morgan fingerprint density at radius 3 is 0.694 bits per heavy atom. The SMILES string of the molecule is CCCCCCCCCCCCCCCCCCCCC(=O)OC[C@H](COP(=O)(O)OC[C@@H](O)COP(=O)(O)OC[C@@H](COC(=O)CCCCCCCCCC(C)C)OC(=O)CCCCCCCCCCCCC)OC(=O)CCCCCCCCCCCCCCCCCCC(C)C. The number of phosphoric ester groups is 2. The molecule has 0 bridgehead atoms. The first-order valence-corrected chi connectivity index (χ1v) is 44.0. The highest BCUT2D eigenvalue weighted by molar-refractivity contribution is 7.47. The van der Waals surface area contributed by atoms with Gasteiger partial charge in [0.25, 0.3) is 0 Å². The van der Waals surface area contributed by atoms with Gasteiger partial charge in [0.1, 0.15) is 19.3 Å². The van der Waals surface area contributed by atoms with E-state index in [4.69, 9.17) is 37.0 Å². The summed E-state index contributed by atoms with van der Waals surface area (Å²) in [5, 5.41) is 10.6. The minimum absolute atomic E-state index is 0.106. The van der Waals surface area contributed by atoms with Crippen molar-refractivity contribution in [3.63, 3.8) is 0 Å². The third-order valence-electron chi connectivity index (χ3n) is 18.5. The molecule has 0 aromatic rings. The first-order chi connectivity index (χ1) is 47.4. The number of phosphoric acid groups is 2. The molecular weight excluding hydrogens is 1280 g/mol. The predicted octanol–water partition coefficient (Wildman–Crippen LogP) is 23.5. The van der Waals surface area contributed by atoms with Crippen LogP contribution in [0, 0.1) is 11.8 Å². The van der Waals surface area contributed by atoms with Crippen molar-refractivity contribution >= 4 is 39.5 Å². The predicted molar refractivity (Wildman–Crippen MR) is 400 cm³/mol. The smallest absolute Gasteiger partial charge is 0.462 e. The van der Waals surface area contributed by atoms with Crippen molar-refractivity contribution in [2.24, 2.45) is 11.8 Å². The molecule has 0 aliphatic carbocycles. The summed E-state index contributed by atoms with van der Waals surface area (Å²) in [6.45, 7) is 9.59. The zero-order valence-electron chi connectivity index (χ0n) is 64.1. The van der Waals surface area contributed by atoms with Gasteiger partial charge in [-0.2, -0.15) is 0 Å². The topological polar surface area (TPSA) is 237 Å². The molecule has 0 rings (SSSR count). The number of aliphatic hydroxyl groups excluding tert-OH is 1. The van der Waals surface area contributed by atoms with Gasteiger partial charge in [-0.3, -0.25) is 37.3 Å². The lowest BCUT2D eigenvalue weighted by atomic mass is 10.0. The molecule has 0 fully saturated rings. The Morgan fingerprint density at radius 2 is 0.469 bits per heavy atom. The van der Waals surface area contributed by atoms with Crippen molar-refractivity contribution in [3.05, 3.63) is 0 Å². The molecule has 5 atom stereocenters. The number of esters is 4. The maximum absolute atomic E-state index is 13.1. The van der Waals surface area contributed by atoms with Crippen LogP contribution in [0.3, 0.4) is 0 Å². The Balaban J connectivity index is 5.21. The second-order valence-corrected chi connectivity index (χ2v) is 32.3. The van der Waals surface area contributed by atoms with E-state index in [0.717, 1.165) is 102 Å². The molecule has 0 aromatic heterocycles. The molecule has 17 nitrogen and oxygen atoms in total. The molecule has 0 spiro atoms. The molecule has 0 amide bonds. The summed E-state index contributed by atoms with van der Waals surface area (Å²) in [6.07, 6.45) is 59.8. The van der Waals surface area contributed by atoms with Gasteiger partial charge in [-0.15, -0.1) is 0 Å². The third kappa shape index (κ3) is 72.4. The van der Waals surface area contributed by atoms with Gasteiger partial charge in [0.15, 0.2) is 12.2 Å². The van der Waals surface area contributed by atoms with Crippen LogP contribution < -0.4 is 0 Å². The fourth-order valence-corrected chi connectivity index (χ4v) is 13.8. The zero-order chi connectivity index (χ0) is 72.1. The van der Waals surface area contributed by atoms with Crippen molar-refractivity contribution in [2.45, 2.75) is 432 Å². The van der Waals surface area contributed by atoms with Crippen LogP contribution in [0.15, 0.2) is 0 Å². The van der Waals surface area contributed by atoms with Gasteiger partial charge in [0.2, 0.25) is 0 Å². The van der Waals surface area contributed by atoms with E-state index in [0.29, 0.717) is 31.6 Å². The second kappa shape index (κ2) is 70.7. The molecule has 582 valence electrons. The lowest BCUT2D eigenvalue weighted by molar-refractivity contribution is -0.161. The lowest BCUT2D eigenvalue weighted by Gasteiger charge is -2.21. The molecule has 0 saturated carbocycles. The van der Waals surface area contributed by atoms with Gasteiger partial charge in [-0.1, -0.05) is 363 Å². The number of ether oxygens (including phenoxy) is 4. The first-order valence-electron chi connectivity index (χ1n) is 41.0. The van der Waals surface area contributed by atoms with Gasteiger partial charge >= 0.3 is 39.5 Å². The maximum Gasteiger partial charge on any atom is 0.472 e. The molecule has 0 aliphatic heterocycles. The molecule has 0 radical (unpaired) electrons. The highest BCUT2D eigenvalue weighted by Crippen LogP contribution is 2.45. The second-order valence-electron chi connectivity index (χ2n) is 29.4. The van der Waals surface area contributed by atoms with Gasteiger partial charge in [0, 0.05) is 25.7 Å². The summed E-state index contributed by atoms with van der Waals surface area (Å²) in [7, 11) is -9.91. The van der Waals surface area contributed by atoms with E-state index >= 15 is 0 Å². The number of rotatable bonds is 78. The number of carbonyl (C=O) groups excluding carboxylic acids is 4. The molecule has 0 aromatic carbocycles. The number of carbonyl (C=O) groups is 4. The van der Waals surface area contributed by atoms with Crippen LogP contribution in [0.5, 0.6) is 0 Å². The van der Waals surface area contributed by atoms with E-state index in [9.17, 15) is 43.2 Å². The lowest BCUT2D eigenvalue weighted by Crippen LogP contribution is -2.30. The zero-order valence-corrected chi connectivity index (χ0v) is 65.9. The van der Waals surface area contributed by atoms with Crippen molar-refractivity contribution in [1.82, 2.24) is 0 Å². The fraction of sp³-hybridized carbons (Fsp3) is 0.949. The summed E-state index contributed by atoms with van der Waals surface area (Å²) in [5.41, 5.74) is 0. The van der Waals surface area contributed by atoms with Crippen LogP contribution in [-0.4, -0.2) is 96.7 Å². The molecule has 2 unspecified atom stereocenters. The van der Waals surface area contributed by atoms with Gasteiger partial charge in [-0.25, -0.2) is 9.13 Å². The average Bonchev–Trinajstić information content (AvgIpc) is 1.11. The summed E-state index contributed by atoms with van der Waals surface area (Å²) in [4.78, 5) is 72.9.